The Morgan fingerprint density at radius 2 is 1.96 bits per heavy atom. The molecule has 3 aromatic heterocycles. The van der Waals surface area contributed by atoms with E-state index in [9.17, 15) is 14.7 Å². The first-order chi connectivity index (χ1) is 11.5. The van der Waals surface area contributed by atoms with Crippen molar-refractivity contribution in [1.29, 1.82) is 0 Å². The minimum absolute atomic E-state index is 0.165. The Balaban J connectivity index is 2.21. The van der Waals surface area contributed by atoms with Crippen LogP contribution in [0.4, 0.5) is 0 Å². The monoisotopic (exact) mass is 328 g/mol. The summed E-state index contributed by atoms with van der Waals surface area (Å²) in [4.78, 5) is 31.6. The maximum Gasteiger partial charge on any atom is 0.341 e. The Bertz CT molecular complexity index is 960. The molecule has 0 aliphatic carbocycles. The van der Waals surface area contributed by atoms with Crippen LogP contribution < -0.4 is 10.3 Å². The van der Waals surface area contributed by atoms with Gasteiger partial charge in [-0.05, 0) is 6.07 Å². The van der Waals surface area contributed by atoms with Gasteiger partial charge >= 0.3 is 12.0 Å². The van der Waals surface area contributed by atoms with E-state index in [-0.39, 0.29) is 11.7 Å². The Hall–Kier alpha value is -3.56. The van der Waals surface area contributed by atoms with Crippen LogP contribution in [-0.2, 0) is 7.05 Å². The molecule has 0 fully saturated rings. The normalized spacial score (nSPS) is 10.6. The molecule has 0 saturated heterocycles. The van der Waals surface area contributed by atoms with Crippen LogP contribution in [0.15, 0.2) is 35.6 Å². The van der Waals surface area contributed by atoms with Crippen molar-refractivity contribution in [2.75, 3.05) is 7.11 Å². The highest BCUT2D eigenvalue weighted by atomic mass is 16.5. The minimum Gasteiger partial charge on any atom is -0.477 e. The maximum atomic E-state index is 12.3. The van der Waals surface area contributed by atoms with Crippen molar-refractivity contribution in [2.45, 2.75) is 0 Å². The van der Waals surface area contributed by atoms with Gasteiger partial charge in [-0.2, -0.15) is 14.9 Å². The van der Waals surface area contributed by atoms with Gasteiger partial charge in [-0.3, -0.25) is 9.48 Å². The molecule has 10 heteroatoms. The third-order valence-corrected chi connectivity index (χ3v) is 3.18. The molecule has 0 amide bonds. The third-order valence-electron chi connectivity index (χ3n) is 3.18. The number of rotatable bonds is 4. The Labute approximate surface area is 135 Å². The maximum absolute atomic E-state index is 12.3. The van der Waals surface area contributed by atoms with Crippen molar-refractivity contribution in [3.8, 4) is 23.0 Å². The molecule has 0 bridgehead atoms. The van der Waals surface area contributed by atoms with Crippen molar-refractivity contribution >= 4 is 5.97 Å². The average Bonchev–Trinajstić information content (AvgIpc) is 3.01. The first-order valence-electron chi connectivity index (χ1n) is 6.72. The molecule has 122 valence electrons. The molecular formula is C14H12N6O4. The summed E-state index contributed by atoms with van der Waals surface area (Å²) in [6.07, 6.45) is 5.82. The average molecular weight is 328 g/mol. The molecule has 0 atom stereocenters. The number of methoxy groups -OCH3 is 1. The van der Waals surface area contributed by atoms with Gasteiger partial charge in [0.15, 0.2) is 0 Å². The summed E-state index contributed by atoms with van der Waals surface area (Å²) >= 11 is 0. The van der Waals surface area contributed by atoms with Crippen LogP contribution in [0, 0.1) is 0 Å². The summed E-state index contributed by atoms with van der Waals surface area (Å²) in [5.41, 5.74) is -0.149. The summed E-state index contributed by atoms with van der Waals surface area (Å²) in [6, 6.07) is 1.35. The van der Waals surface area contributed by atoms with E-state index in [0.717, 1.165) is 4.68 Å². The van der Waals surface area contributed by atoms with Gasteiger partial charge in [-0.15, -0.1) is 0 Å². The number of aromatic carboxylic acids is 1. The highest BCUT2D eigenvalue weighted by Crippen LogP contribution is 2.17. The number of aryl methyl sites for hydroxylation is 1. The van der Waals surface area contributed by atoms with E-state index in [1.54, 1.807) is 13.2 Å². The van der Waals surface area contributed by atoms with Crippen molar-refractivity contribution in [1.82, 2.24) is 29.5 Å². The van der Waals surface area contributed by atoms with Gasteiger partial charge in [0.05, 0.1) is 25.2 Å². The molecule has 0 saturated carbocycles. The third kappa shape index (κ3) is 2.72. The lowest BCUT2D eigenvalue weighted by atomic mass is 10.2. The fourth-order valence-corrected chi connectivity index (χ4v) is 2.04. The summed E-state index contributed by atoms with van der Waals surface area (Å²) in [6.45, 7) is 0. The number of hydrogen-bond donors (Lipinski definition) is 1. The largest absolute Gasteiger partial charge is 0.477 e. The Morgan fingerprint density at radius 3 is 2.50 bits per heavy atom. The van der Waals surface area contributed by atoms with Gasteiger partial charge in [0.1, 0.15) is 11.3 Å². The van der Waals surface area contributed by atoms with Gasteiger partial charge in [0, 0.05) is 25.0 Å². The first kappa shape index (κ1) is 15.3. The number of nitrogens with zero attached hydrogens (tertiary/aromatic N) is 6. The zero-order valence-electron chi connectivity index (χ0n) is 12.7. The predicted octanol–water partition coefficient (Wildman–Crippen LogP) is 0.130. The molecule has 3 heterocycles. The van der Waals surface area contributed by atoms with Crippen LogP contribution in [0.2, 0.25) is 0 Å². The van der Waals surface area contributed by atoms with E-state index in [4.69, 9.17) is 4.74 Å². The molecule has 0 aromatic carbocycles. The van der Waals surface area contributed by atoms with E-state index in [2.05, 4.69) is 20.2 Å². The van der Waals surface area contributed by atoms with Gasteiger partial charge in [-0.25, -0.2) is 14.8 Å². The standard InChI is InChI=1S/C14H12N6O4/c1-19-7-9(6-17-19)20-12(21)10(13(22)23)3-11(18-20)8-4-15-14(24-2)16-5-8/h3-7H,1-2H3,(H,22,23). The fraction of sp³-hybridized carbons (Fsp3) is 0.143. The van der Waals surface area contributed by atoms with E-state index in [1.807, 2.05) is 0 Å². The van der Waals surface area contributed by atoms with Crippen molar-refractivity contribution in [3.63, 3.8) is 0 Å². The molecule has 0 aliphatic heterocycles. The van der Waals surface area contributed by atoms with Crippen molar-refractivity contribution < 1.29 is 14.6 Å². The molecule has 24 heavy (non-hydrogen) atoms. The zero-order chi connectivity index (χ0) is 17.3. The number of ether oxygens (including phenoxy) is 1. The zero-order valence-corrected chi connectivity index (χ0v) is 12.7. The van der Waals surface area contributed by atoms with E-state index < -0.39 is 17.1 Å². The van der Waals surface area contributed by atoms with E-state index >= 15 is 0 Å². The van der Waals surface area contributed by atoms with Gasteiger partial charge in [0.2, 0.25) is 0 Å². The van der Waals surface area contributed by atoms with Crippen LogP contribution in [0.1, 0.15) is 10.4 Å². The summed E-state index contributed by atoms with van der Waals surface area (Å²) < 4.78 is 7.34. The van der Waals surface area contributed by atoms with Crippen molar-refractivity contribution in [2.24, 2.45) is 7.05 Å². The second kappa shape index (κ2) is 5.91. The first-order valence-corrected chi connectivity index (χ1v) is 6.72. The number of carboxylic acid groups (broad SMARTS) is 1. The van der Waals surface area contributed by atoms with Crippen LogP contribution in [0.5, 0.6) is 6.01 Å². The van der Waals surface area contributed by atoms with Gasteiger partial charge in [-0.1, -0.05) is 0 Å². The molecule has 0 spiro atoms. The van der Waals surface area contributed by atoms with Crippen LogP contribution in [0.25, 0.3) is 16.9 Å². The molecule has 0 unspecified atom stereocenters. The summed E-state index contributed by atoms with van der Waals surface area (Å²) in [5.74, 6) is -1.35. The van der Waals surface area contributed by atoms with E-state index in [1.165, 1.54) is 36.4 Å². The molecule has 1 N–H and O–H groups in total. The van der Waals surface area contributed by atoms with Crippen molar-refractivity contribution in [3.05, 3.63) is 46.8 Å². The van der Waals surface area contributed by atoms with Crippen LogP contribution in [-0.4, -0.2) is 47.7 Å². The molecule has 0 aliphatic rings. The number of hydrogen-bond acceptors (Lipinski definition) is 7. The lowest BCUT2D eigenvalue weighted by molar-refractivity contribution is 0.0694. The second-order valence-electron chi connectivity index (χ2n) is 4.80. The van der Waals surface area contributed by atoms with Gasteiger partial charge in [0.25, 0.3) is 5.56 Å². The smallest absolute Gasteiger partial charge is 0.341 e. The Morgan fingerprint density at radius 1 is 1.25 bits per heavy atom. The highest BCUT2D eigenvalue weighted by Gasteiger charge is 2.17. The lowest BCUT2D eigenvalue weighted by Crippen LogP contribution is -2.27. The molecular weight excluding hydrogens is 316 g/mol. The number of carboxylic acids is 1. The fourth-order valence-electron chi connectivity index (χ4n) is 2.04. The SMILES string of the molecule is COc1ncc(-c2cc(C(=O)O)c(=O)n(-c3cnn(C)c3)n2)cn1. The summed E-state index contributed by atoms with van der Waals surface area (Å²) in [7, 11) is 3.10. The highest BCUT2D eigenvalue weighted by molar-refractivity contribution is 5.88. The van der Waals surface area contributed by atoms with Gasteiger partial charge < -0.3 is 9.84 Å². The molecule has 0 radical (unpaired) electrons. The minimum atomic E-state index is -1.35. The lowest BCUT2D eigenvalue weighted by Gasteiger charge is -2.07. The number of carbonyl (C=O) groups is 1. The van der Waals surface area contributed by atoms with Crippen LogP contribution >= 0.6 is 0 Å². The molecule has 3 rings (SSSR count). The Kier molecular flexibility index (Phi) is 3.78. The quantitative estimate of drug-likeness (QED) is 0.716. The summed E-state index contributed by atoms with van der Waals surface area (Å²) in [5, 5.41) is 17.4. The van der Waals surface area contributed by atoms with Crippen LogP contribution in [0.3, 0.4) is 0 Å². The van der Waals surface area contributed by atoms with E-state index in [0.29, 0.717) is 11.3 Å². The second-order valence-corrected chi connectivity index (χ2v) is 4.80. The number of aromatic nitrogens is 6. The molecule has 3 aromatic rings. The molecule has 10 nitrogen and oxygen atoms in total. The topological polar surface area (TPSA) is 125 Å². The predicted molar refractivity (Wildman–Crippen MR) is 81.1 cm³/mol.